The summed E-state index contributed by atoms with van der Waals surface area (Å²) in [5.74, 6) is -0.333. The summed E-state index contributed by atoms with van der Waals surface area (Å²) < 4.78 is 1.56. The number of benzene rings is 1. The van der Waals surface area contributed by atoms with E-state index in [0.717, 1.165) is 6.42 Å². The predicted molar refractivity (Wildman–Crippen MR) is 93.5 cm³/mol. The summed E-state index contributed by atoms with van der Waals surface area (Å²) in [6.45, 7) is 2.53. The standard InChI is InChI=1S/C17H21ClN4O2/c1-4-9-21(12-16(23)20(2)3)17(24)13-10-19-22(11-13)15-8-6-5-7-14(15)18/h5-8,10-11H,4,9,12H2,1-3H3. The maximum Gasteiger partial charge on any atom is 0.257 e. The third-order valence-electron chi connectivity index (χ3n) is 3.53. The highest BCUT2D eigenvalue weighted by molar-refractivity contribution is 6.32. The number of hydrogen-bond donors (Lipinski definition) is 0. The monoisotopic (exact) mass is 348 g/mol. The van der Waals surface area contributed by atoms with E-state index in [-0.39, 0.29) is 18.4 Å². The van der Waals surface area contributed by atoms with Gasteiger partial charge in [-0.25, -0.2) is 4.68 Å². The molecule has 0 atom stereocenters. The Labute approximate surface area is 146 Å². The van der Waals surface area contributed by atoms with Crippen LogP contribution in [0.5, 0.6) is 0 Å². The van der Waals surface area contributed by atoms with E-state index in [9.17, 15) is 9.59 Å². The lowest BCUT2D eigenvalue weighted by molar-refractivity contribution is -0.129. The van der Waals surface area contributed by atoms with Gasteiger partial charge in [0.25, 0.3) is 5.91 Å². The minimum Gasteiger partial charge on any atom is -0.347 e. The summed E-state index contributed by atoms with van der Waals surface area (Å²) in [7, 11) is 3.35. The van der Waals surface area contributed by atoms with Crippen molar-refractivity contribution in [2.24, 2.45) is 0 Å². The van der Waals surface area contributed by atoms with Crippen LogP contribution in [0.2, 0.25) is 5.02 Å². The average Bonchev–Trinajstić information content (AvgIpc) is 3.03. The van der Waals surface area contributed by atoms with Crippen molar-refractivity contribution in [1.82, 2.24) is 19.6 Å². The number of likely N-dealkylation sites (N-methyl/N-ethyl adjacent to an activating group) is 1. The maximum absolute atomic E-state index is 12.7. The first-order valence-corrected chi connectivity index (χ1v) is 8.10. The van der Waals surface area contributed by atoms with E-state index in [1.807, 2.05) is 25.1 Å². The molecule has 1 aromatic carbocycles. The summed E-state index contributed by atoms with van der Waals surface area (Å²) in [6, 6.07) is 7.27. The molecule has 24 heavy (non-hydrogen) atoms. The minimum absolute atomic E-state index is 0.0525. The number of aromatic nitrogens is 2. The molecule has 0 fully saturated rings. The number of hydrogen-bond acceptors (Lipinski definition) is 3. The van der Waals surface area contributed by atoms with Gasteiger partial charge < -0.3 is 9.80 Å². The molecule has 2 aromatic rings. The van der Waals surface area contributed by atoms with Crippen LogP contribution in [0, 0.1) is 0 Å². The van der Waals surface area contributed by atoms with Crippen molar-refractivity contribution < 1.29 is 9.59 Å². The number of carbonyl (C=O) groups excluding carboxylic acids is 2. The Hall–Kier alpha value is -2.34. The Balaban J connectivity index is 2.22. The van der Waals surface area contributed by atoms with Gasteiger partial charge in [-0.05, 0) is 18.6 Å². The SMILES string of the molecule is CCCN(CC(=O)N(C)C)C(=O)c1cnn(-c2ccccc2Cl)c1. The van der Waals surface area contributed by atoms with Crippen molar-refractivity contribution in [3.63, 3.8) is 0 Å². The van der Waals surface area contributed by atoms with Crippen LogP contribution < -0.4 is 0 Å². The van der Waals surface area contributed by atoms with E-state index < -0.39 is 0 Å². The topological polar surface area (TPSA) is 58.4 Å². The molecule has 0 aliphatic heterocycles. The molecule has 0 aliphatic rings. The minimum atomic E-state index is -0.217. The largest absolute Gasteiger partial charge is 0.347 e. The molecular weight excluding hydrogens is 328 g/mol. The van der Waals surface area contributed by atoms with Crippen molar-refractivity contribution in [2.75, 3.05) is 27.2 Å². The molecule has 7 heteroatoms. The van der Waals surface area contributed by atoms with Gasteiger partial charge in [0.2, 0.25) is 5.91 Å². The van der Waals surface area contributed by atoms with Crippen molar-refractivity contribution in [2.45, 2.75) is 13.3 Å². The number of halogens is 1. The molecule has 0 N–H and O–H groups in total. The summed E-state index contributed by atoms with van der Waals surface area (Å²) in [6.07, 6.45) is 3.89. The molecule has 0 bridgehead atoms. The molecule has 0 unspecified atom stereocenters. The van der Waals surface area contributed by atoms with Crippen molar-refractivity contribution >= 4 is 23.4 Å². The highest BCUT2D eigenvalue weighted by Gasteiger charge is 2.20. The van der Waals surface area contributed by atoms with Crippen LogP contribution in [0.1, 0.15) is 23.7 Å². The summed E-state index contributed by atoms with van der Waals surface area (Å²) in [4.78, 5) is 27.6. The molecule has 6 nitrogen and oxygen atoms in total. The van der Waals surface area contributed by atoms with Crippen LogP contribution in [0.4, 0.5) is 0 Å². The first kappa shape index (κ1) is 18.0. The maximum atomic E-state index is 12.7. The molecule has 0 saturated heterocycles. The fourth-order valence-electron chi connectivity index (χ4n) is 2.21. The Morgan fingerprint density at radius 2 is 1.96 bits per heavy atom. The van der Waals surface area contributed by atoms with Crippen molar-refractivity contribution in [1.29, 1.82) is 0 Å². The number of amides is 2. The van der Waals surface area contributed by atoms with Crippen LogP contribution in [-0.2, 0) is 4.79 Å². The van der Waals surface area contributed by atoms with Gasteiger partial charge in [0.15, 0.2) is 0 Å². The Bertz CT molecular complexity index is 727. The number of carbonyl (C=O) groups is 2. The first-order chi connectivity index (χ1) is 11.4. The highest BCUT2D eigenvalue weighted by Crippen LogP contribution is 2.19. The summed E-state index contributed by atoms with van der Waals surface area (Å²) in [5.41, 5.74) is 1.12. The van der Waals surface area contributed by atoms with Gasteiger partial charge in [0.05, 0.1) is 22.5 Å². The van der Waals surface area contributed by atoms with E-state index in [1.54, 1.807) is 31.0 Å². The molecule has 2 amide bonds. The first-order valence-electron chi connectivity index (χ1n) is 7.73. The second-order valence-corrected chi connectivity index (χ2v) is 6.05. The molecule has 1 aromatic heterocycles. The molecular formula is C17H21ClN4O2. The zero-order chi connectivity index (χ0) is 17.7. The average molecular weight is 349 g/mol. The van der Waals surface area contributed by atoms with Crippen molar-refractivity contribution in [3.05, 3.63) is 47.2 Å². The normalized spacial score (nSPS) is 10.5. The number of rotatable bonds is 6. The van der Waals surface area contributed by atoms with Crippen LogP contribution in [0.15, 0.2) is 36.7 Å². The lowest BCUT2D eigenvalue weighted by Crippen LogP contribution is -2.40. The molecule has 128 valence electrons. The van der Waals surface area contributed by atoms with Gasteiger partial charge in [0, 0.05) is 26.8 Å². The number of nitrogens with zero attached hydrogens (tertiary/aromatic N) is 4. The second-order valence-electron chi connectivity index (χ2n) is 5.64. The molecule has 0 saturated carbocycles. The summed E-state index contributed by atoms with van der Waals surface area (Å²) >= 11 is 6.16. The quantitative estimate of drug-likeness (QED) is 0.805. The molecule has 1 heterocycles. The van der Waals surface area contributed by atoms with E-state index in [4.69, 9.17) is 11.6 Å². The van der Waals surface area contributed by atoms with Gasteiger partial charge in [-0.1, -0.05) is 30.7 Å². The lowest BCUT2D eigenvalue weighted by atomic mass is 10.2. The molecule has 0 spiro atoms. The van der Waals surface area contributed by atoms with Crippen LogP contribution >= 0.6 is 11.6 Å². The Kier molecular flexibility index (Phi) is 5.98. The van der Waals surface area contributed by atoms with Gasteiger partial charge in [-0.15, -0.1) is 0 Å². The van der Waals surface area contributed by atoms with Crippen LogP contribution in [0.3, 0.4) is 0 Å². The van der Waals surface area contributed by atoms with Crippen LogP contribution in [0.25, 0.3) is 5.69 Å². The van der Waals surface area contributed by atoms with Gasteiger partial charge in [-0.2, -0.15) is 5.10 Å². The van der Waals surface area contributed by atoms with Gasteiger partial charge in [-0.3, -0.25) is 9.59 Å². The second kappa shape index (κ2) is 7.97. The van der Waals surface area contributed by atoms with E-state index >= 15 is 0 Å². The smallest absolute Gasteiger partial charge is 0.257 e. The van der Waals surface area contributed by atoms with Gasteiger partial charge >= 0.3 is 0 Å². The Morgan fingerprint density at radius 3 is 2.58 bits per heavy atom. The molecule has 0 aliphatic carbocycles. The lowest BCUT2D eigenvalue weighted by Gasteiger charge is -2.22. The fourth-order valence-corrected chi connectivity index (χ4v) is 2.43. The molecule has 0 radical (unpaired) electrons. The third-order valence-corrected chi connectivity index (χ3v) is 3.85. The number of para-hydroxylation sites is 1. The van der Waals surface area contributed by atoms with E-state index in [2.05, 4.69) is 5.10 Å². The van der Waals surface area contributed by atoms with E-state index in [0.29, 0.717) is 22.8 Å². The third kappa shape index (κ3) is 4.14. The highest BCUT2D eigenvalue weighted by atomic mass is 35.5. The van der Waals surface area contributed by atoms with Crippen molar-refractivity contribution in [3.8, 4) is 5.69 Å². The Morgan fingerprint density at radius 1 is 1.25 bits per heavy atom. The molecule has 2 rings (SSSR count). The summed E-state index contributed by atoms with van der Waals surface area (Å²) in [5, 5.41) is 4.76. The predicted octanol–water partition coefficient (Wildman–Crippen LogP) is 2.47. The zero-order valence-corrected chi connectivity index (χ0v) is 14.8. The fraction of sp³-hybridized carbons (Fsp3) is 0.353. The zero-order valence-electron chi connectivity index (χ0n) is 14.1. The van der Waals surface area contributed by atoms with Crippen LogP contribution in [-0.4, -0.2) is 58.6 Å². The van der Waals surface area contributed by atoms with Gasteiger partial charge in [0.1, 0.15) is 6.54 Å². The van der Waals surface area contributed by atoms with E-state index in [1.165, 1.54) is 16.0 Å².